The molecule has 2 N–H and O–H groups in total. The smallest absolute Gasteiger partial charge is 0.149 e. The molecule has 0 amide bonds. The van der Waals surface area contributed by atoms with Gasteiger partial charge in [-0.05, 0) is 6.42 Å². The summed E-state index contributed by atoms with van der Waals surface area (Å²) in [4.78, 5) is 0. The maximum atomic E-state index is 12.2. The Morgan fingerprint density at radius 1 is 1.56 bits per heavy atom. The largest absolute Gasteiger partial charge is 0.393 e. The van der Waals surface area contributed by atoms with Gasteiger partial charge in [0.1, 0.15) is 6.17 Å². The molecule has 0 fully saturated rings. The normalized spacial score (nSPS) is 17.3. The van der Waals surface area contributed by atoms with Gasteiger partial charge in [-0.25, -0.2) is 4.39 Å². The Morgan fingerprint density at radius 3 is 2.44 bits per heavy atom. The summed E-state index contributed by atoms with van der Waals surface area (Å²) >= 11 is 0. The van der Waals surface area contributed by atoms with E-state index in [1.54, 1.807) is 0 Å². The molecule has 0 saturated carbocycles. The molecule has 0 saturated heterocycles. The highest BCUT2D eigenvalue weighted by Gasteiger charge is 2.14. The fourth-order valence-electron chi connectivity index (χ4n) is 0.598. The Bertz CT molecular complexity index is 68.1. The lowest BCUT2D eigenvalue weighted by Gasteiger charge is -2.10. The molecular formula is C6H13FO2. The maximum Gasteiger partial charge on any atom is 0.149 e. The second-order valence-corrected chi connectivity index (χ2v) is 2.05. The first-order valence-electron chi connectivity index (χ1n) is 3.15. The molecule has 2 unspecified atom stereocenters. The molecule has 0 aromatic carbocycles. The van der Waals surface area contributed by atoms with E-state index in [0.717, 1.165) is 6.42 Å². The number of hydrogen-bond donors (Lipinski definition) is 2. The highest BCUT2D eigenvalue weighted by atomic mass is 19.1. The van der Waals surface area contributed by atoms with Gasteiger partial charge in [-0.3, -0.25) is 0 Å². The molecule has 0 aliphatic heterocycles. The van der Waals surface area contributed by atoms with E-state index in [2.05, 4.69) is 0 Å². The summed E-state index contributed by atoms with van der Waals surface area (Å²) in [5.74, 6) is 0. The first-order valence-corrected chi connectivity index (χ1v) is 3.15. The first kappa shape index (κ1) is 8.85. The Morgan fingerprint density at radius 2 is 2.11 bits per heavy atom. The molecule has 0 aromatic heterocycles. The Hall–Kier alpha value is -0.150. The van der Waals surface area contributed by atoms with Crippen LogP contribution in [0.5, 0.6) is 0 Å². The second kappa shape index (κ2) is 4.70. The predicted octanol–water partition coefficient (Wildman–Crippen LogP) is 0.478. The summed E-state index contributed by atoms with van der Waals surface area (Å²) in [6.45, 7) is 1.27. The molecule has 0 aliphatic rings. The van der Waals surface area contributed by atoms with Crippen molar-refractivity contribution in [2.24, 2.45) is 0 Å². The van der Waals surface area contributed by atoms with Crippen molar-refractivity contribution in [3.8, 4) is 0 Å². The van der Waals surface area contributed by atoms with Gasteiger partial charge in [0, 0.05) is 0 Å². The van der Waals surface area contributed by atoms with Gasteiger partial charge in [0.2, 0.25) is 0 Å². The average molecular weight is 136 g/mol. The van der Waals surface area contributed by atoms with E-state index < -0.39 is 18.9 Å². The summed E-state index contributed by atoms with van der Waals surface area (Å²) < 4.78 is 12.2. The van der Waals surface area contributed by atoms with Crippen LogP contribution >= 0.6 is 0 Å². The van der Waals surface area contributed by atoms with Gasteiger partial charge in [-0.2, -0.15) is 0 Å². The number of halogens is 1. The zero-order chi connectivity index (χ0) is 7.28. The van der Waals surface area contributed by atoms with Crippen molar-refractivity contribution in [1.82, 2.24) is 0 Å². The number of hydrogen-bond acceptors (Lipinski definition) is 2. The monoisotopic (exact) mass is 136 g/mol. The van der Waals surface area contributed by atoms with Crippen molar-refractivity contribution in [2.45, 2.75) is 32.0 Å². The van der Waals surface area contributed by atoms with Gasteiger partial charge in [0.05, 0.1) is 12.7 Å². The van der Waals surface area contributed by atoms with E-state index >= 15 is 0 Å². The minimum atomic E-state index is -1.47. The zero-order valence-corrected chi connectivity index (χ0v) is 5.55. The van der Waals surface area contributed by atoms with E-state index in [-0.39, 0.29) is 0 Å². The summed E-state index contributed by atoms with van der Waals surface area (Å²) in [5, 5.41) is 17.0. The number of aliphatic hydroxyl groups excluding tert-OH is 2. The molecule has 0 aromatic rings. The molecule has 0 rings (SSSR count). The van der Waals surface area contributed by atoms with E-state index in [9.17, 15) is 4.39 Å². The van der Waals surface area contributed by atoms with Gasteiger partial charge >= 0.3 is 0 Å². The standard InChI is InChI=1S/C6H13FO2/c1-2-3-6(9)5(7)4-8/h5-6,8-9H,2-4H2,1H3. The van der Waals surface area contributed by atoms with Crippen LogP contribution in [-0.2, 0) is 0 Å². The lowest BCUT2D eigenvalue weighted by molar-refractivity contribution is 0.0346. The lowest BCUT2D eigenvalue weighted by atomic mass is 10.1. The van der Waals surface area contributed by atoms with E-state index in [1.807, 2.05) is 6.92 Å². The van der Waals surface area contributed by atoms with Crippen molar-refractivity contribution in [1.29, 1.82) is 0 Å². The van der Waals surface area contributed by atoms with E-state index in [4.69, 9.17) is 10.2 Å². The molecule has 0 radical (unpaired) electrons. The molecule has 0 spiro atoms. The number of aliphatic hydroxyl groups is 2. The summed E-state index contributed by atoms with van der Waals surface area (Å²) in [5.41, 5.74) is 0. The third-order valence-electron chi connectivity index (χ3n) is 1.18. The Balaban J connectivity index is 3.32. The molecule has 3 heteroatoms. The minimum Gasteiger partial charge on any atom is -0.393 e. The molecule has 2 atom stereocenters. The minimum absolute atomic E-state index is 0.418. The van der Waals surface area contributed by atoms with Crippen LogP contribution in [0.25, 0.3) is 0 Å². The number of rotatable bonds is 4. The maximum absolute atomic E-state index is 12.2. The van der Waals surface area contributed by atoms with E-state index in [1.165, 1.54) is 0 Å². The number of alkyl halides is 1. The van der Waals surface area contributed by atoms with Gasteiger partial charge < -0.3 is 10.2 Å². The van der Waals surface area contributed by atoms with Crippen LogP contribution in [0, 0.1) is 0 Å². The highest BCUT2D eigenvalue weighted by Crippen LogP contribution is 2.04. The van der Waals surface area contributed by atoms with Crippen LogP contribution in [-0.4, -0.2) is 29.1 Å². The van der Waals surface area contributed by atoms with Crippen molar-refractivity contribution < 1.29 is 14.6 Å². The fourth-order valence-corrected chi connectivity index (χ4v) is 0.598. The molecule has 0 aliphatic carbocycles. The van der Waals surface area contributed by atoms with E-state index in [0.29, 0.717) is 6.42 Å². The van der Waals surface area contributed by atoms with Crippen LogP contribution in [0.3, 0.4) is 0 Å². The van der Waals surface area contributed by atoms with Crippen LogP contribution in [0.4, 0.5) is 4.39 Å². The zero-order valence-electron chi connectivity index (χ0n) is 5.55. The molecule has 2 nitrogen and oxygen atoms in total. The second-order valence-electron chi connectivity index (χ2n) is 2.05. The predicted molar refractivity (Wildman–Crippen MR) is 32.9 cm³/mol. The molecular weight excluding hydrogens is 123 g/mol. The summed E-state index contributed by atoms with van der Waals surface area (Å²) in [7, 11) is 0. The quantitative estimate of drug-likeness (QED) is 0.590. The topological polar surface area (TPSA) is 40.5 Å². The third-order valence-corrected chi connectivity index (χ3v) is 1.18. The molecule has 0 heterocycles. The Labute approximate surface area is 54.3 Å². The Kier molecular flexibility index (Phi) is 4.62. The first-order chi connectivity index (χ1) is 4.22. The molecule has 56 valence electrons. The van der Waals surface area contributed by atoms with Gasteiger partial charge in [0.15, 0.2) is 0 Å². The summed E-state index contributed by atoms with van der Waals surface area (Å²) in [6.07, 6.45) is -1.30. The fraction of sp³-hybridized carbons (Fsp3) is 1.00. The van der Waals surface area contributed by atoms with Gasteiger partial charge in [-0.1, -0.05) is 13.3 Å². The lowest BCUT2D eigenvalue weighted by Crippen LogP contribution is -2.24. The third kappa shape index (κ3) is 3.43. The van der Waals surface area contributed by atoms with Crippen molar-refractivity contribution >= 4 is 0 Å². The van der Waals surface area contributed by atoms with Gasteiger partial charge in [-0.15, -0.1) is 0 Å². The summed E-state index contributed by atoms with van der Waals surface area (Å²) in [6, 6.07) is 0. The molecule has 9 heavy (non-hydrogen) atoms. The van der Waals surface area contributed by atoms with Crippen molar-refractivity contribution in [3.05, 3.63) is 0 Å². The van der Waals surface area contributed by atoms with Crippen LogP contribution in [0.2, 0.25) is 0 Å². The van der Waals surface area contributed by atoms with Crippen LogP contribution in [0.15, 0.2) is 0 Å². The van der Waals surface area contributed by atoms with Crippen molar-refractivity contribution in [3.63, 3.8) is 0 Å². The van der Waals surface area contributed by atoms with Gasteiger partial charge in [0.25, 0.3) is 0 Å². The van der Waals surface area contributed by atoms with Crippen LogP contribution in [0.1, 0.15) is 19.8 Å². The molecule has 0 bridgehead atoms. The SMILES string of the molecule is CCCC(O)C(F)CO. The van der Waals surface area contributed by atoms with Crippen molar-refractivity contribution in [2.75, 3.05) is 6.61 Å². The average Bonchev–Trinajstić information content (AvgIpc) is 1.87. The highest BCUT2D eigenvalue weighted by molar-refractivity contribution is 4.64. The van der Waals surface area contributed by atoms with Crippen LogP contribution < -0.4 is 0 Å².